The van der Waals surface area contributed by atoms with Gasteiger partial charge in [-0.1, -0.05) is 121 Å². The SMILES string of the molecule is [2H]c1cc2c([2H])c(N(c3ccc(-c4ccccc4)cc3)c3c([2H])c([2H])c4sc5c([2H])c([2H])c([2H])c([2H])c5c4c3[2H])c3c4ccc(-c5ccccc5)c([2H])c4oc3c2c([2H])c1[2H]. The average Bonchev–Trinajstić information content (AvgIpc) is 3.87. The Kier molecular flexibility index (Phi) is 4.22. The van der Waals surface area contributed by atoms with E-state index in [1.807, 2.05) is 72.8 Å². The van der Waals surface area contributed by atoms with Crippen molar-refractivity contribution in [2.75, 3.05) is 4.90 Å². The molecule has 0 aliphatic rings. The molecule has 0 N–H and O–H groups in total. The van der Waals surface area contributed by atoms with Crippen LogP contribution in [-0.2, 0) is 0 Å². The first kappa shape index (κ1) is 18.4. The van der Waals surface area contributed by atoms with Crippen LogP contribution in [0.4, 0.5) is 17.1 Å². The molecule has 8 aromatic carbocycles. The van der Waals surface area contributed by atoms with E-state index in [1.165, 1.54) is 11.0 Å². The molecule has 2 heterocycles. The standard InChI is InChI=1S/C46H29NOS/c1-3-11-30(12-4-1)32-19-22-35(23-20-32)47(36-24-26-44-40(29-36)38-17-9-10-18-43(38)49-44)41-27-34-15-7-8-16-37(34)46-45(41)39-25-21-33(28-42(39)48-46)31-13-5-2-6-14-31/h1-29H/i7D,8D,9D,10D,16D,17D,18D,24D,26D,27D,28D,29D. The quantitative estimate of drug-likeness (QED) is 0.183. The second-order valence-corrected chi connectivity index (χ2v) is 12.6. The first-order valence-corrected chi connectivity index (χ1v) is 16.4. The normalized spacial score (nSPS) is 15.1. The molecule has 10 rings (SSSR count). The van der Waals surface area contributed by atoms with Crippen molar-refractivity contribution in [1.82, 2.24) is 0 Å². The molecule has 0 amide bonds. The van der Waals surface area contributed by atoms with Gasteiger partial charge in [0.2, 0.25) is 0 Å². The molecule has 0 bridgehead atoms. The molecule has 0 spiro atoms. The highest BCUT2D eigenvalue weighted by Crippen LogP contribution is 2.48. The van der Waals surface area contributed by atoms with Crippen LogP contribution in [0.5, 0.6) is 0 Å². The van der Waals surface area contributed by atoms with Gasteiger partial charge in [0.15, 0.2) is 0 Å². The van der Waals surface area contributed by atoms with Crippen molar-refractivity contribution < 1.29 is 20.9 Å². The molecule has 0 atom stereocenters. The fourth-order valence-corrected chi connectivity index (χ4v) is 7.33. The third kappa shape index (κ3) is 4.62. The van der Waals surface area contributed by atoms with Crippen LogP contribution in [0.2, 0.25) is 0 Å². The number of furan rings is 1. The molecule has 0 unspecified atom stereocenters. The van der Waals surface area contributed by atoms with Gasteiger partial charge in [-0.25, -0.2) is 0 Å². The molecule has 0 saturated heterocycles. The molecule has 0 aliphatic carbocycles. The van der Waals surface area contributed by atoms with Crippen LogP contribution >= 0.6 is 11.3 Å². The number of benzene rings is 8. The third-order valence-electron chi connectivity index (χ3n) is 8.71. The van der Waals surface area contributed by atoms with Gasteiger partial charge < -0.3 is 9.32 Å². The molecule has 0 aliphatic heterocycles. The minimum absolute atomic E-state index is 0.0233. The lowest BCUT2D eigenvalue weighted by Gasteiger charge is -2.27. The Hall–Kier alpha value is -6.16. The zero-order valence-electron chi connectivity index (χ0n) is 37.6. The molecular formula is C46H29NOS. The molecule has 0 fully saturated rings. The summed E-state index contributed by atoms with van der Waals surface area (Å²) in [6, 6.07) is 27.0. The smallest absolute Gasteiger partial charge is 0.145 e. The second kappa shape index (κ2) is 11.2. The molecule has 3 heteroatoms. The maximum atomic E-state index is 9.98. The lowest BCUT2D eigenvalue weighted by molar-refractivity contribution is 0.673. The van der Waals surface area contributed by atoms with E-state index in [0.717, 1.165) is 28.0 Å². The van der Waals surface area contributed by atoms with Gasteiger partial charge in [-0.05, 0) is 82.1 Å². The Morgan fingerprint density at radius 3 is 1.98 bits per heavy atom. The summed E-state index contributed by atoms with van der Waals surface area (Å²) in [4.78, 5) is 1.50. The molecule has 2 nitrogen and oxygen atoms in total. The van der Waals surface area contributed by atoms with Crippen molar-refractivity contribution in [3.05, 3.63) is 176 Å². The molecule has 230 valence electrons. The maximum Gasteiger partial charge on any atom is 0.145 e. The van der Waals surface area contributed by atoms with Crippen molar-refractivity contribution in [2.45, 2.75) is 0 Å². The highest BCUT2D eigenvalue weighted by Gasteiger charge is 2.23. The van der Waals surface area contributed by atoms with Crippen LogP contribution in [0.25, 0.3) is 75.1 Å². The van der Waals surface area contributed by atoms with E-state index in [4.69, 9.17) is 14.0 Å². The highest BCUT2D eigenvalue weighted by atomic mass is 32.1. The number of thiophene rings is 1. The van der Waals surface area contributed by atoms with Gasteiger partial charge in [0.05, 0.1) is 27.5 Å². The molecule has 49 heavy (non-hydrogen) atoms. The van der Waals surface area contributed by atoms with Gasteiger partial charge in [0, 0.05) is 42.3 Å². The largest absolute Gasteiger partial charge is 0.455 e. The number of nitrogens with zero attached hydrogens (tertiary/aromatic N) is 1. The van der Waals surface area contributed by atoms with Gasteiger partial charge in [-0.3, -0.25) is 0 Å². The average molecular weight is 656 g/mol. The minimum atomic E-state index is -0.505. The minimum Gasteiger partial charge on any atom is -0.455 e. The van der Waals surface area contributed by atoms with Crippen LogP contribution in [-0.4, -0.2) is 0 Å². The lowest BCUT2D eigenvalue weighted by Crippen LogP contribution is -2.10. The third-order valence-corrected chi connectivity index (χ3v) is 9.73. The van der Waals surface area contributed by atoms with Gasteiger partial charge in [0.1, 0.15) is 11.2 Å². The monoisotopic (exact) mass is 655 g/mol. The van der Waals surface area contributed by atoms with Crippen molar-refractivity contribution in [3.63, 3.8) is 0 Å². The van der Waals surface area contributed by atoms with Crippen LogP contribution in [0, 0.1) is 0 Å². The van der Waals surface area contributed by atoms with Crippen LogP contribution in [0.3, 0.4) is 0 Å². The topological polar surface area (TPSA) is 16.4 Å². The summed E-state index contributed by atoms with van der Waals surface area (Å²) >= 11 is 0.919. The summed E-state index contributed by atoms with van der Waals surface area (Å²) in [7, 11) is 0. The summed E-state index contributed by atoms with van der Waals surface area (Å²) in [5.41, 5.74) is 3.49. The van der Waals surface area contributed by atoms with Gasteiger partial charge >= 0.3 is 0 Å². The van der Waals surface area contributed by atoms with E-state index < -0.39 is 18.1 Å². The first-order valence-electron chi connectivity index (χ1n) is 21.6. The Morgan fingerprint density at radius 2 is 1.16 bits per heavy atom. The Bertz CT molecular complexity index is 3500. The fraction of sp³-hybridized carbons (Fsp3) is 0. The maximum absolute atomic E-state index is 9.98. The zero-order valence-corrected chi connectivity index (χ0v) is 26.4. The molecule has 2 aromatic heterocycles. The predicted octanol–water partition coefficient (Wildman–Crippen LogP) is 13.9. The molecule has 10 aromatic rings. The summed E-state index contributed by atoms with van der Waals surface area (Å²) in [6.45, 7) is 0. The summed E-state index contributed by atoms with van der Waals surface area (Å²) < 4.78 is 116. The lowest BCUT2D eigenvalue weighted by atomic mass is 9.99. The number of hydrogen-bond acceptors (Lipinski definition) is 3. The summed E-state index contributed by atoms with van der Waals surface area (Å²) in [5, 5.41) is 0.860. The van der Waals surface area contributed by atoms with Crippen LogP contribution < -0.4 is 4.90 Å². The predicted molar refractivity (Wildman–Crippen MR) is 210 cm³/mol. The van der Waals surface area contributed by atoms with Crippen molar-refractivity contribution in [1.29, 1.82) is 0 Å². The van der Waals surface area contributed by atoms with E-state index in [0.29, 0.717) is 16.6 Å². The summed E-state index contributed by atoms with van der Waals surface area (Å²) in [6.07, 6.45) is 0. The van der Waals surface area contributed by atoms with E-state index in [-0.39, 0.29) is 113 Å². The van der Waals surface area contributed by atoms with Crippen LogP contribution in [0.1, 0.15) is 16.4 Å². The van der Waals surface area contributed by atoms with Gasteiger partial charge in [-0.15, -0.1) is 11.3 Å². The first-order chi connectivity index (χ1) is 29.3. The molecule has 0 radical (unpaired) electrons. The number of hydrogen-bond donors (Lipinski definition) is 0. The fourth-order valence-electron chi connectivity index (χ4n) is 6.41. The van der Waals surface area contributed by atoms with E-state index in [2.05, 4.69) is 0 Å². The number of fused-ring (bicyclic) bond motifs is 8. The van der Waals surface area contributed by atoms with Crippen LogP contribution in [0.15, 0.2) is 180 Å². The van der Waals surface area contributed by atoms with E-state index in [1.54, 1.807) is 24.3 Å². The second-order valence-electron chi connectivity index (χ2n) is 11.6. The van der Waals surface area contributed by atoms with Crippen molar-refractivity contribution in [3.8, 4) is 22.3 Å². The molecule has 0 saturated carbocycles. The van der Waals surface area contributed by atoms with Crippen molar-refractivity contribution in [2.24, 2.45) is 0 Å². The van der Waals surface area contributed by atoms with E-state index >= 15 is 0 Å². The number of anilines is 3. The van der Waals surface area contributed by atoms with Gasteiger partial charge in [-0.2, -0.15) is 0 Å². The Morgan fingerprint density at radius 1 is 0.490 bits per heavy atom. The van der Waals surface area contributed by atoms with E-state index in [9.17, 15) is 6.85 Å². The Balaban J connectivity index is 1.39. The summed E-state index contributed by atoms with van der Waals surface area (Å²) in [5.74, 6) is 0. The molecular weight excluding hydrogens is 615 g/mol. The number of rotatable bonds is 5. The highest BCUT2D eigenvalue weighted by molar-refractivity contribution is 7.25. The Labute approximate surface area is 304 Å². The van der Waals surface area contributed by atoms with Crippen molar-refractivity contribution >= 4 is 81.3 Å². The van der Waals surface area contributed by atoms with Gasteiger partial charge in [0.25, 0.3) is 0 Å². The zero-order chi connectivity index (χ0) is 42.8.